The fourth-order valence-electron chi connectivity index (χ4n) is 1.75. The SMILES string of the molecule is CC(C)C(CN(C)C)NC(=O)c1ccc(Cl)c(N)c1. The van der Waals surface area contributed by atoms with Crippen LogP contribution < -0.4 is 11.1 Å². The fraction of sp³-hybridized carbons (Fsp3) is 0.500. The van der Waals surface area contributed by atoms with E-state index in [-0.39, 0.29) is 11.9 Å². The Morgan fingerprint density at radius 1 is 1.42 bits per heavy atom. The van der Waals surface area contributed by atoms with Crippen molar-refractivity contribution in [3.63, 3.8) is 0 Å². The van der Waals surface area contributed by atoms with Crippen molar-refractivity contribution >= 4 is 23.2 Å². The minimum atomic E-state index is -0.121. The van der Waals surface area contributed by atoms with Gasteiger partial charge in [-0.15, -0.1) is 0 Å². The number of nitrogens with two attached hydrogens (primary N) is 1. The molecule has 0 spiro atoms. The number of carbonyl (C=O) groups is 1. The quantitative estimate of drug-likeness (QED) is 0.815. The third-order valence-corrected chi connectivity index (χ3v) is 3.29. The molecule has 1 aromatic rings. The minimum absolute atomic E-state index is 0.0967. The molecule has 0 bridgehead atoms. The van der Waals surface area contributed by atoms with Gasteiger partial charge in [-0.3, -0.25) is 4.79 Å². The summed E-state index contributed by atoms with van der Waals surface area (Å²) < 4.78 is 0. The average molecular weight is 284 g/mol. The van der Waals surface area contributed by atoms with Gasteiger partial charge >= 0.3 is 0 Å². The zero-order valence-corrected chi connectivity index (χ0v) is 12.7. The van der Waals surface area contributed by atoms with Gasteiger partial charge < -0.3 is 16.0 Å². The van der Waals surface area contributed by atoms with Gasteiger partial charge in [-0.25, -0.2) is 0 Å². The largest absolute Gasteiger partial charge is 0.398 e. The molecule has 0 fully saturated rings. The van der Waals surface area contributed by atoms with E-state index in [2.05, 4.69) is 24.1 Å². The first-order valence-electron chi connectivity index (χ1n) is 6.32. The number of nitrogen functional groups attached to an aromatic ring is 1. The molecule has 5 heteroatoms. The van der Waals surface area contributed by atoms with E-state index in [9.17, 15) is 4.79 Å². The maximum Gasteiger partial charge on any atom is 0.251 e. The number of rotatable bonds is 5. The summed E-state index contributed by atoms with van der Waals surface area (Å²) in [5.41, 5.74) is 6.66. The molecule has 3 N–H and O–H groups in total. The van der Waals surface area contributed by atoms with Gasteiger partial charge in [0.25, 0.3) is 5.91 Å². The molecule has 0 radical (unpaired) electrons. The number of halogens is 1. The monoisotopic (exact) mass is 283 g/mol. The van der Waals surface area contributed by atoms with Gasteiger partial charge in [0.05, 0.1) is 10.7 Å². The van der Waals surface area contributed by atoms with Crippen LogP contribution in [0, 0.1) is 5.92 Å². The van der Waals surface area contributed by atoms with Gasteiger partial charge in [-0.05, 0) is 38.2 Å². The van der Waals surface area contributed by atoms with Crippen LogP contribution in [-0.4, -0.2) is 37.5 Å². The highest BCUT2D eigenvalue weighted by Crippen LogP contribution is 2.19. The number of nitrogens with zero attached hydrogens (tertiary/aromatic N) is 1. The molecule has 1 unspecified atom stereocenters. The lowest BCUT2D eigenvalue weighted by Crippen LogP contribution is -2.45. The topological polar surface area (TPSA) is 58.4 Å². The summed E-state index contributed by atoms with van der Waals surface area (Å²) in [6.45, 7) is 4.97. The van der Waals surface area contributed by atoms with Crippen LogP contribution in [0.5, 0.6) is 0 Å². The molecular formula is C14H22ClN3O. The molecule has 19 heavy (non-hydrogen) atoms. The number of amides is 1. The van der Waals surface area contributed by atoms with E-state index in [1.54, 1.807) is 18.2 Å². The summed E-state index contributed by atoms with van der Waals surface area (Å²) >= 11 is 5.85. The van der Waals surface area contributed by atoms with E-state index in [0.717, 1.165) is 6.54 Å². The second-order valence-electron chi connectivity index (χ2n) is 5.32. The van der Waals surface area contributed by atoms with Crippen molar-refractivity contribution in [1.29, 1.82) is 0 Å². The molecule has 0 aliphatic rings. The molecule has 1 amide bonds. The molecule has 0 saturated heterocycles. The van der Waals surface area contributed by atoms with Crippen LogP contribution in [0.4, 0.5) is 5.69 Å². The normalized spacial score (nSPS) is 12.8. The first-order chi connectivity index (χ1) is 8.81. The van der Waals surface area contributed by atoms with E-state index >= 15 is 0 Å². The lowest BCUT2D eigenvalue weighted by atomic mass is 10.0. The number of hydrogen-bond acceptors (Lipinski definition) is 3. The zero-order valence-electron chi connectivity index (χ0n) is 11.9. The first-order valence-corrected chi connectivity index (χ1v) is 6.69. The summed E-state index contributed by atoms with van der Waals surface area (Å²) in [6.07, 6.45) is 0. The molecule has 1 atom stereocenters. The first kappa shape index (κ1) is 15.8. The smallest absolute Gasteiger partial charge is 0.251 e. The molecule has 0 aliphatic carbocycles. The molecule has 0 aromatic heterocycles. The van der Waals surface area contributed by atoms with Crippen molar-refractivity contribution < 1.29 is 4.79 Å². The van der Waals surface area contributed by atoms with Crippen LogP contribution in [-0.2, 0) is 0 Å². The van der Waals surface area contributed by atoms with Crippen LogP contribution in [0.3, 0.4) is 0 Å². The van der Waals surface area contributed by atoms with E-state index < -0.39 is 0 Å². The van der Waals surface area contributed by atoms with Crippen LogP contribution in [0.1, 0.15) is 24.2 Å². The van der Waals surface area contributed by atoms with Crippen LogP contribution in [0.25, 0.3) is 0 Å². The third kappa shape index (κ3) is 4.73. The highest BCUT2D eigenvalue weighted by molar-refractivity contribution is 6.33. The highest BCUT2D eigenvalue weighted by atomic mass is 35.5. The van der Waals surface area contributed by atoms with E-state index in [0.29, 0.717) is 22.2 Å². The Morgan fingerprint density at radius 3 is 2.53 bits per heavy atom. The fourth-order valence-corrected chi connectivity index (χ4v) is 1.87. The summed E-state index contributed by atoms with van der Waals surface area (Å²) in [6, 6.07) is 5.02. The molecule has 106 valence electrons. The number of nitrogens with one attached hydrogen (secondary N) is 1. The minimum Gasteiger partial charge on any atom is -0.398 e. The molecule has 1 rings (SSSR count). The lowest BCUT2D eigenvalue weighted by Gasteiger charge is -2.25. The molecule has 0 saturated carbocycles. The number of benzene rings is 1. The Hall–Kier alpha value is -1.26. The molecule has 0 heterocycles. The summed E-state index contributed by atoms with van der Waals surface area (Å²) in [4.78, 5) is 14.2. The predicted molar refractivity (Wildman–Crippen MR) is 80.5 cm³/mol. The molecule has 0 aliphatic heterocycles. The maximum atomic E-state index is 12.2. The lowest BCUT2D eigenvalue weighted by molar-refractivity contribution is 0.0916. The van der Waals surface area contributed by atoms with Crippen LogP contribution in [0.15, 0.2) is 18.2 Å². The Bertz CT molecular complexity index is 446. The number of carbonyl (C=O) groups excluding carboxylic acids is 1. The highest BCUT2D eigenvalue weighted by Gasteiger charge is 2.18. The molecule has 4 nitrogen and oxygen atoms in total. The van der Waals surface area contributed by atoms with Gasteiger partial charge in [0, 0.05) is 18.2 Å². The van der Waals surface area contributed by atoms with E-state index in [1.165, 1.54) is 0 Å². The van der Waals surface area contributed by atoms with Gasteiger partial charge in [0.1, 0.15) is 0 Å². The molecule has 1 aromatic carbocycles. The van der Waals surface area contributed by atoms with E-state index in [1.807, 2.05) is 14.1 Å². The Balaban J connectivity index is 2.78. The van der Waals surface area contributed by atoms with Gasteiger partial charge in [-0.1, -0.05) is 25.4 Å². The summed E-state index contributed by atoms with van der Waals surface area (Å²) in [5.74, 6) is 0.236. The summed E-state index contributed by atoms with van der Waals surface area (Å²) in [5, 5.41) is 3.49. The second-order valence-corrected chi connectivity index (χ2v) is 5.73. The Labute approximate surface area is 119 Å². The van der Waals surface area contributed by atoms with E-state index in [4.69, 9.17) is 17.3 Å². The maximum absolute atomic E-state index is 12.2. The summed E-state index contributed by atoms with van der Waals surface area (Å²) in [7, 11) is 3.98. The van der Waals surface area contributed by atoms with Gasteiger partial charge in [0.2, 0.25) is 0 Å². The van der Waals surface area contributed by atoms with Crippen molar-refractivity contribution in [1.82, 2.24) is 10.2 Å². The van der Waals surface area contributed by atoms with Crippen molar-refractivity contribution in [3.8, 4) is 0 Å². The van der Waals surface area contributed by atoms with Crippen molar-refractivity contribution in [3.05, 3.63) is 28.8 Å². The van der Waals surface area contributed by atoms with Gasteiger partial charge in [-0.2, -0.15) is 0 Å². The number of anilines is 1. The number of hydrogen-bond donors (Lipinski definition) is 2. The predicted octanol–water partition coefficient (Wildman–Crippen LogP) is 2.24. The van der Waals surface area contributed by atoms with Crippen LogP contribution in [0.2, 0.25) is 5.02 Å². The number of likely N-dealkylation sites (N-methyl/N-ethyl adjacent to an activating group) is 1. The van der Waals surface area contributed by atoms with Crippen molar-refractivity contribution in [2.45, 2.75) is 19.9 Å². The Morgan fingerprint density at radius 2 is 2.05 bits per heavy atom. The Kier molecular flexibility index (Phi) is 5.63. The average Bonchev–Trinajstić information content (AvgIpc) is 2.31. The molecular weight excluding hydrogens is 262 g/mol. The third-order valence-electron chi connectivity index (χ3n) is 2.94. The van der Waals surface area contributed by atoms with Crippen LogP contribution >= 0.6 is 11.6 Å². The van der Waals surface area contributed by atoms with Crippen molar-refractivity contribution in [2.75, 3.05) is 26.4 Å². The standard InChI is InChI=1S/C14H22ClN3O/c1-9(2)13(8-18(3)4)17-14(19)10-5-6-11(15)12(16)7-10/h5-7,9,13H,8,16H2,1-4H3,(H,17,19). The van der Waals surface area contributed by atoms with Gasteiger partial charge in [0.15, 0.2) is 0 Å². The van der Waals surface area contributed by atoms with Crippen molar-refractivity contribution in [2.24, 2.45) is 5.92 Å². The zero-order chi connectivity index (χ0) is 14.6. The second kappa shape index (κ2) is 6.78.